The van der Waals surface area contributed by atoms with Gasteiger partial charge in [-0.05, 0) is 54.1 Å². The Bertz CT molecular complexity index is 1240. The zero-order valence-corrected chi connectivity index (χ0v) is 16.9. The van der Waals surface area contributed by atoms with Crippen molar-refractivity contribution < 1.29 is 22.7 Å². The van der Waals surface area contributed by atoms with E-state index in [2.05, 4.69) is 0 Å². The number of amides is 1. The number of anilines is 1. The molecule has 0 unspecified atom stereocenters. The van der Waals surface area contributed by atoms with Crippen molar-refractivity contribution in [2.45, 2.75) is 10.9 Å². The number of halogens is 2. The number of sulfone groups is 1. The van der Waals surface area contributed by atoms with Crippen LogP contribution in [0.2, 0.25) is 5.02 Å². The molecule has 1 heterocycles. The third kappa shape index (κ3) is 3.36. The molecule has 4 rings (SSSR count). The lowest BCUT2D eigenvalue weighted by Crippen LogP contribution is -2.31. The highest BCUT2D eigenvalue weighted by atomic mass is 35.5. The first-order valence-electron chi connectivity index (χ1n) is 8.88. The normalized spacial score (nSPS) is 16.9. The average molecular weight is 444 g/mol. The molecule has 3 aromatic rings. The van der Waals surface area contributed by atoms with E-state index in [1.165, 1.54) is 24.3 Å². The molecule has 3 aromatic carbocycles. The van der Waals surface area contributed by atoms with Crippen LogP contribution in [0.25, 0.3) is 0 Å². The Morgan fingerprint density at radius 1 is 0.900 bits per heavy atom. The summed E-state index contributed by atoms with van der Waals surface area (Å²) in [5.74, 6) is -2.28. The number of hydrogen-bond acceptors (Lipinski definition) is 4. The van der Waals surface area contributed by atoms with Crippen LogP contribution in [0, 0.1) is 5.82 Å². The van der Waals surface area contributed by atoms with E-state index in [-0.39, 0.29) is 10.6 Å². The lowest BCUT2D eigenvalue weighted by atomic mass is 10.1. The maximum absolute atomic E-state index is 13.4. The van der Waals surface area contributed by atoms with Gasteiger partial charge in [0.1, 0.15) is 16.8 Å². The van der Waals surface area contributed by atoms with E-state index in [0.29, 0.717) is 10.6 Å². The Morgan fingerprint density at radius 2 is 1.50 bits per heavy atom. The first kappa shape index (κ1) is 20.1. The second-order valence-electron chi connectivity index (χ2n) is 6.64. The second-order valence-corrected chi connectivity index (χ2v) is 8.99. The second kappa shape index (κ2) is 7.59. The van der Waals surface area contributed by atoms with Crippen molar-refractivity contribution in [2.75, 3.05) is 4.90 Å². The Balaban J connectivity index is 1.94. The number of hydrogen-bond donors (Lipinski definition) is 1. The molecular weight excluding hydrogens is 429 g/mol. The van der Waals surface area contributed by atoms with Crippen molar-refractivity contribution in [3.8, 4) is 0 Å². The Kier molecular flexibility index (Phi) is 5.09. The van der Waals surface area contributed by atoms with E-state index in [4.69, 9.17) is 11.6 Å². The van der Waals surface area contributed by atoms with Crippen LogP contribution in [0.1, 0.15) is 11.6 Å². The molecular formula is C22H15ClFNO4S. The van der Waals surface area contributed by atoms with Crippen LogP contribution in [0.15, 0.2) is 94.4 Å². The van der Waals surface area contributed by atoms with E-state index in [1.807, 2.05) is 0 Å². The van der Waals surface area contributed by atoms with Crippen molar-refractivity contribution >= 4 is 33.0 Å². The summed E-state index contributed by atoms with van der Waals surface area (Å²) >= 11 is 5.97. The van der Waals surface area contributed by atoms with E-state index < -0.39 is 38.3 Å². The van der Waals surface area contributed by atoms with Gasteiger partial charge in [0, 0.05) is 10.7 Å². The molecule has 0 saturated carbocycles. The van der Waals surface area contributed by atoms with Crippen molar-refractivity contribution in [3.05, 3.63) is 106 Å². The van der Waals surface area contributed by atoms with Crippen LogP contribution in [0.4, 0.5) is 10.1 Å². The fraction of sp³-hybridized carbons (Fsp3) is 0.0455. The summed E-state index contributed by atoms with van der Waals surface area (Å²) in [6, 6.07) is 17.7. The highest BCUT2D eigenvalue weighted by Crippen LogP contribution is 2.44. The van der Waals surface area contributed by atoms with Gasteiger partial charge in [-0.3, -0.25) is 9.69 Å². The zero-order chi connectivity index (χ0) is 21.5. The smallest absolute Gasteiger partial charge is 0.295 e. The molecule has 0 aromatic heterocycles. The monoisotopic (exact) mass is 443 g/mol. The van der Waals surface area contributed by atoms with Crippen LogP contribution < -0.4 is 4.90 Å². The SMILES string of the molecule is O=C1C(O)=C(S(=O)(=O)c2ccccc2)[C@@H](c2ccc(Cl)cc2)N1c1ccc(F)cc1. The fourth-order valence-electron chi connectivity index (χ4n) is 3.40. The van der Waals surface area contributed by atoms with Crippen molar-refractivity contribution in [3.63, 3.8) is 0 Å². The van der Waals surface area contributed by atoms with Gasteiger partial charge < -0.3 is 5.11 Å². The molecule has 0 bridgehead atoms. The quantitative estimate of drug-likeness (QED) is 0.627. The van der Waals surface area contributed by atoms with Gasteiger partial charge in [-0.15, -0.1) is 0 Å². The molecule has 30 heavy (non-hydrogen) atoms. The molecule has 0 fully saturated rings. The number of nitrogens with zero attached hydrogens (tertiary/aromatic N) is 1. The zero-order valence-electron chi connectivity index (χ0n) is 15.4. The lowest BCUT2D eigenvalue weighted by Gasteiger charge is -2.27. The highest BCUT2D eigenvalue weighted by molar-refractivity contribution is 7.95. The van der Waals surface area contributed by atoms with Crippen LogP contribution in [0.5, 0.6) is 0 Å². The first-order chi connectivity index (χ1) is 14.3. The van der Waals surface area contributed by atoms with Crippen LogP contribution in [-0.2, 0) is 14.6 Å². The summed E-state index contributed by atoms with van der Waals surface area (Å²) in [4.78, 5) is 13.6. The van der Waals surface area contributed by atoms with Gasteiger partial charge in [-0.2, -0.15) is 0 Å². The minimum Gasteiger partial charge on any atom is -0.502 e. The van der Waals surface area contributed by atoms with Gasteiger partial charge in [0.15, 0.2) is 5.76 Å². The molecule has 8 heteroatoms. The number of aliphatic hydroxyl groups is 1. The van der Waals surface area contributed by atoms with Gasteiger partial charge in [0.05, 0.1) is 4.90 Å². The first-order valence-corrected chi connectivity index (χ1v) is 10.7. The summed E-state index contributed by atoms with van der Waals surface area (Å²) in [6.45, 7) is 0. The van der Waals surface area contributed by atoms with Gasteiger partial charge in [0.2, 0.25) is 9.84 Å². The maximum Gasteiger partial charge on any atom is 0.295 e. The minimum atomic E-state index is -4.22. The topological polar surface area (TPSA) is 74.7 Å². The molecule has 1 N–H and O–H groups in total. The van der Waals surface area contributed by atoms with Crippen LogP contribution in [0.3, 0.4) is 0 Å². The number of rotatable bonds is 4. The number of carbonyl (C=O) groups is 1. The number of aliphatic hydroxyl groups excluding tert-OH is 1. The standard InChI is InChI=1S/C22H15ClFNO4S/c23-15-8-6-14(7-9-15)19-21(30(28,29)18-4-2-1-3-5-18)20(26)22(27)25(19)17-12-10-16(24)11-13-17/h1-13,19,26H/t19-/m1/s1. The number of carbonyl (C=O) groups excluding carboxylic acids is 1. The molecule has 1 amide bonds. The summed E-state index contributed by atoms with van der Waals surface area (Å²) in [5.41, 5.74) is 0.668. The van der Waals surface area contributed by atoms with Gasteiger partial charge in [-0.25, -0.2) is 12.8 Å². The van der Waals surface area contributed by atoms with E-state index in [1.54, 1.807) is 42.5 Å². The molecule has 1 aliphatic heterocycles. The van der Waals surface area contributed by atoms with Crippen LogP contribution >= 0.6 is 11.6 Å². The molecule has 152 valence electrons. The molecule has 0 aliphatic carbocycles. The Morgan fingerprint density at radius 3 is 2.10 bits per heavy atom. The Hall–Kier alpha value is -3.16. The van der Waals surface area contributed by atoms with E-state index in [9.17, 15) is 22.7 Å². The summed E-state index contributed by atoms with van der Waals surface area (Å²) in [7, 11) is -4.22. The molecule has 1 aliphatic rings. The maximum atomic E-state index is 13.4. The van der Waals surface area contributed by atoms with Crippen molar-refractivity contribution in [1.82, 2.24) is 0 Å². The summed E-state index contributed by atoms with van der Waals surface area (Å²) in [6.07, 6.45) is 0. The molecule has 0 spiro atoms. The van der Waals surface area contributed by atoms with Crippen LogP contribution in [-0.4, -0.2) is 19.4 Å². The van der Waals surface area contributed by atoms with E-state index >= 15 is 0 Å². The number of benzene rings is 3. The van der Waals surface area contributed by atoms with Gasteiger partial charge in [0.25, 0.3) is 5.91 Å². The molecule has 1 atom stereocenters. The molecule has 5 nitrogen and oxygen atoms in total. The Labute approximate surface area is 177 Å². The third-order valence-corrected chi connectivity index (χ3v) is 6.94. The van der Waals surface area contributed by atoms with E-state index in [0.717, 1.165) is 17.0 Å². The predicted octanol–water partition coefficient (Wildman–Crippen LogP) is 4.81. The predicted molar refractivity (Wildman–Crippen MR) is 111 cm³/mol. The highest BCUT2D eigenvalue weighted by Gasteiger charge is 2.47. The van der Waals surface area contributed by atoms with Crippen molar-refractivity contribution in [1.29, 1.82) is 0 Å². The molecule has 0 saturated heterocycles. The van der Waals surface area contributed by atoms with Gasteiger partial charge >= 0.3 is 0 Å². The minimum absolute atomic E-state index is 0.0562. The van der Waals surface area contributed by atoms with Gasteiger partial charge in [-0.1, -0.05) is 41.9 Å². The lowest BCUT2D eigenvalue weighted by molar-refractivity contribution is -0.117. The summed E-state index contributed by atoms with van der Waals surface area (Å²) < 4.78 is 40.2. The molecule has 0 radical (unpaired) electrons. The van der Waals surface area contributed by atoms with Crippen molar-refractivity contribution in [2.24, 2.45) is 0 Å². The summed E-state index contributed by atoms with van der Waals surface area (Å²) in [5, 5.41) is 11.1. The largest absolute Gasteiger partial charge is 0.502 e. The third-order valence-electron chi connectivity index (χ3n) is 4.79. The fourth-order valence-corrected chi connectivity index (χ4v) is 5.17. The average Bonchev–Trinajstić information content (AvgIpc) is 3.01.